The van der Waals surface area contributed by atoms with Crippen LogP contribution in [0.5, 0.6) is 5.88 Å². The summed E-state index contributed by atoms with van der Waals surface area (Å²) in [7, 11) is 0. The third-order valence-corrected chi connectivity index (χ3v) is 5.24. The van der Waals surface area contributed by atoms with Crippen molar-refractivity contribution in [2.45, 2.75) is 18.9 Å². The van der Waals surface area contributed by atoms with Crippen molar-refractivity contribution in [3.63, 3.8) is 0 Å². The van der Waals surface area contributed by atoms with E-state index in [-0.39, 0.29) is 24.2 Å². The molecule has 4 rings (SSSR count). The summed E-state index contributed by atoms with van der Waals surface area (Å²) >= 11 is 0. The minimum absolute atomic E-state index is 0.0253. The van der Waals surface area contributed by atoms with Crippen LogP contribution in [0.3, 0.4) is 0 Å². The Bertz CT molecular complexity index is 1100. The number of carbonyl (C=O) groups is 2. The molecule has 31 heavy (non-hydrogen) atoms. The smallest absolute Gasteiger partial charge is 0.250 e. The highest BCUT2D eigenvalue weighted by molar-refractivity contribution is 6.09. The molecule has 0 bridgehead atoms. The molecule has 3 aromatic rings. The average molecular weight is 422 g/mol. The van der Waals surface area contributed by atoms with Gasteiger partial charge in [-0.3, -0.25) is 4.79 Å². The lowest BCUT2D eigenvalue weighted by Crippen LogP contribution is -2.26. The maximum absolute atomic E-state index is 13.8. The van der Waals surface area contributed by atoms with Gasteiger partial charge in [0.25, 0.3) is 5.88 Å². The number of aromatic nitrogens is 1. The zero-order chi connectivity index (χ0) is 21.8. The maximum atomic E-state index is 13.8. The summed E-state index contributed by atoms with van der Waals surface area (Å²) in [6.45, 7) is 1.17. The van der Waals surface area contributed by atoms with Crippen LogP contribution < -0.4 is 9.64 Å². The van der Waals surface area contributed by atoms with Gasteiger partial charge in [0.1, 0.15) is 18.2 Å². The van der Waals surface area contributed by atoms with E-state index in [9.17, 15) is 18.4 Å². The molecule has 0 unspecified atom stereocenters. The molecule has 0 N–H and O–H groups in total. The zero-order valence-corrected chi connectivity index (χ0v) is 16.6. The Hall–Kier alpha value is -3.61. The third kappa shape index (κ3) is 4.60. The first-order valence-electron chi connectivity index (χ1n) is 9.94. The summed E-state index contributed by atoms with van der Waals surface area (Å²) in [6, 6.07) is 13.3. The first-order chi connectivity index (χ1) is 15.0. The van der Waals surface area contributed by atoms with E-state index in [4.69, 9.17) is 4.74 Å². The fraction of sp³-hybridized carbons (Fsp3) is 0.208. The first-order valence-corrected chi connectivity index (χ1v) is 9.94. The minimum Gasteiger partial charge on any atom is -0.470 e. The summed E-state index contributed by atoms with van der Waals surface area (Å²) in [4.78, 5) is 30.0. The van der Waals surface area contributed by atoms with E-state index in [1.165, 1.54) is 42.6 Å². The van der Waals surface area contributed by atoms with E-state index in [0.29, 0.717) is 36.2 Å². The van der Waals surface area contributed by atoms with Crippen LogP contribution in [0.2, 0.25) is 0 Å². The molecule has 1 saturated heterocycles. The standard InChI is InChI=1S/C24H20F2N2O3/c25-19-6-3-16(4-7-19)23(30)18-5-8-22(17(14-18)10-13-29)28-12-9-20(15-28)31-24-21(26)2-1-11-27-24/h1-8,11,13-14,20H,9-10,12,15H2/t20-/m0/s1. The Morgan fingerprint density at radius 1 is 1.13 bits per heavy atom. The Balaban J connectivity index is 1.53. The molecule has 158 valence electrons. The van der Waals surface area contributed by atoms with Gasteiger partial charge in [-0.2, -0.15) is 0 Å². The van der Waals surface area contributed by atoms with Crippen LogP contribution in [-0.4, -0.2) is 36.2 Å². The van der Waals surface area contributed by atoms with Crippen molar-refractivity contribution in [3.05, 3.63) is 89.1 Å². The van der Waals surface area contributed by atoms with Crippen molar-refractivity contribution in [1.29, 1.82) is 0 Å². The van der Waals surface area contributed by atoms with Gasteiger partial charge in [0, 0.05) is 42.4 Å². The molecule has 0 spiro atoms. The van der Waals surface area contributed by atoms with Gasteiger partial charge in [-0.1, -0.05) is 0 Å². The molecule has 0 saturated carbocycles. The number of nitrogens with zero attached hydrogens (tertiary/aromatic N) is 2. The maximum Gasteiger partial charge on any atom is 0.250 e. The Labute approximate surface area is 178 Å². The lowest BCUT2D eigenvalue weighted by molar-refractivity contribution is -0.107. The normalized spacial score (nSPS) is 15.7. The second-order valence-electron chi connectivity index (χ2n) is 7.32. The summed E-state index contributed by atoms with van der Waals surface area (Å²) in [5, 5.41) is 0. The monoisotopic (exact) mass is 422 g/mol. The molecule has 7 heteroatoms. The SMILES string of the molecule is O=CCc1cc(C(=O)c2ccc(F)cc2)ccc1N1CC[C@H](Oc2ncccc2F)C1. The minimum atomic E-state index is -0.508. The van der Waals surface area contributed by atoms with Crippen molar-refractivity contribution in [2.75, 3.05) is 18.0 Å². The van der Waals surface area contributed by atoms with Crippen LogP contribution in [-0.2, 0) is 11.2 Å². The molecule has 2 aromatic carbocycles. The van der Waals surface area contributed by atoms with E-state index in [2.05, 4.69) is 9.88 Å². The van der Waals surface area contributed by atoms with Gasteiger partial charge in [0.05, 0.1) is 6.54 Å². The second-order valence-corrected chi connectivity index (χ2v) is 7.32. The lowest BCUT2D eigenvalue weighted by Gasteiger charge is -2.22. The fourth-order valence-corrected chi connectivity index (χ4v) is 3.72. The van der Waals surface area contributed by atoms with Crippen molar-refractivity contribution < 1.29 is 23.1 Å². The van der Waals surface area contributed by atoms with Crippen molar-refractivity contribution in [2.24, 2.45) is 0 Å². The van der Waals surface area contributed by atoms with Gasteiger partial charge in [0.15, 0.2) is 11.6 Å². The molecule has 1 aliphatic heterocycles. The lowest BCUT2D eigenvalue weighted by atomic mass is 9.99. The summed E-state index contributed by atoms with van der Waals surface area (Å²) < 4.78 is 32.7. The van der Waals surface area contributed by atoms with Gasteiger partial charge in [-0.25, -0.2) is 13.8 Å². The molecule has 0 aliphatic carbocycles. The number of rotatable bonds is 7. The molecule has 5 nitrogen and oxygen atoms in total. The highest BCUT2D eigenvalue weighted by atomic mass is 19.1. The summed E-state index contributed by atoms with van der Waals surface area (Å²) in [5.41, 5.74) is 2.34. The topological polar surface area (TPSA) is 59.5 Å². The molecule has 1 fully saturated rings. The van der Waals surface area contributed by atoms with Crippen LogP contribution in [0, 0.1) is 11.6 Å². The zero-order valence-electron chi connectivity index (χ0n) is 16.6. The number of hydrogen-bond acceptors (Lipinski definition) is 5. The Morgan fingerprint density at radius 3 is 2.65 bits per heavy atom. The molecule has 0 amide bonds. The van der Waals surface area contributed by atoms with Gasteiger partial charge >= 0.3 is 0 Å². The summed E-state index contributed by atoms with van der Waals surface area (Å²) in [5.74, 6) is -1.19. The van der Waals surface area contributed by atoms with Gasteiger partial charge in [-0.15, -0.1) is 0 Å². The van der Waals surface area contributed by atoms with Crippen LogP contribution in [0.4, 0.5) is 14.5 Å². The quantitative estimate of drug-likeness (QED) is 0.426. The molecule has 1 atom stereocenters. The van der Waals surface area contributed by atoms with Crippen LogP contribution >= 0.6 is 0 Å². The largest absolute Gasteiger partial charge is 0.470 e. The van der Waals surface area contributed by atoms with Crippen molar-refractivity contribution in [3.8, 4) is 5.88 Å². The fourth-order valence-electron chi connectivity index (χ4n) is 3.72. The molecule has 1 aliphatic rings. The second kappa shape index (κ2) is 9.04. The molecule has 0 radical (unpaired) electrons. The molecular formula is C24H20F2N2O3. The van der Waals surface area contributed by atoms with Crippen molar-refractivity contribution in [1.82, 2.24) is 4.98 Å². The number of pyridine rings is 1. The van der Waals surface area contributed by atoms with Gasteiger partial charge in [0.2, 0.25) is 0 Å². The van der Waals surface area contributed by atoms with Gasteiger partial charge < -0.3 is 14.4 Å². The number of ether oxygens (including phenoxy) is 1. The van der Waals surface area contributed by atoms with E-state index in [1.807, 2.05) is 0 Å². The van der Waals surface area contributed by atoms with Crippen LogP contribution in [0.15, 0.2) is 60.8 Å². The molecular weight excluding hydrogens is 402 g/mol. The number of halogens is 2. The Kier molecular flexibility index (Phi) is 6.02. The van der Waals surface area contributed by atoms with Crippen LogP contribution in [0.1, 0.15) is 27.9 Å². The highest BCUT2D eigenvalue weighted by Crippen LogP contribution is 2.29. The number of benzene rings is 2. The van der Waals surface area contributed by atoms with E-state index >= 15 is 0 Å². The number of carbonyl (C=O) groups excluding carboxylic acids is 2. The number of aldehydes is 1. The Morgan fingerprint density at radius 2 is 1.90 bits per heavy atom. The number of hydrogen-bond donors (Lipinski definition) is 0. The van der Waals surface area contributed by atoms with E-state index in [0.717, 1.165) is 12.0 Å². The van der Waals surface area contributed by atoms with E-state index in [1.54, 1.807) is 18.2 Å². The van der Waals surface area contributed by atoms with Crippen LogP contribution in [0.25, 0.3) is 0 Å². The van der Waals surface area contributed by atoms with Gasteiger partial charge in [-0.05, 0) is 60.2 Å². The number of anilines is 1. The average Bonchev–Trinajstić information content (AvgIpc) is 3.24. The predicted molar refractivity (Wildman–Crippen MR) is 111 cm³/mol. The predicted octanol–water partition coefficient (Wildman–Crippen LogP) is 3.99. The van der Waals surface area contributed by atoms with E-state index < -0.39 is 11.6 Å². The highest BCUT2D eigenvalue weighted by Gasteiger charge is 2.27. The molecule has 1 aromatic heterocycles. The first kappa shape index (κ1) is 20.7. The third-order valence-electron chi connectivity index (χ3n) is 5.24. The summed E-state index contributed by atoms with van der Waals surface area (Å²) in [6.07, 6.45) is 2.85. The van der Waals surface area contributed by atoms with Crippen molar-refractivity contribution >= 4 is 17.8 Å². The number of ketones is 1. The molecule has 2 heterocycles.